The predicted molar refractivity (Wildman–Crippen MR) is 76.9 cm³/mol. The highest BCUT2D eigenvalue weighted by atomic mass is 16.5. The summed E-state index contributed by atoms with van der Waals surface area (Å²) in [5.74, 6) is 1.29. The van der Waals surface area contributed by atoms with E-state index in [-0.39, 0.29) is 0 Å². The number of carbonyl (C=O) groups is 1. The number of amides is 1. The van der Waals surface area contributed by atoms with E-state index in [2.05, 4.69) is 30.3 Å². The molecule has 1 amide bonds. The van der Waals surface area contributed by atoms with E-state index in [1.54, 1.807) is 7.11 Å². The van der Waals surface area contributed by atoms with Gasteiger partial charge in [-0.3, -0.25) is 4.79 Å². The number of nitrogens with one attached hydrogen (secondary N) is 1. The number of likely N-dealkylation sites (tertiary alicyclic amines) is 1. The lowest BCUT2D eigenvalue weighted by molar-refractivity contribution is -0.105. The van der Waals surface area contributed by atoms with Gasteiger partial charge < -0.3 is 15.0 Å². The van der Waals surface area contributed by atoms with E-state index in [1.807, 2.05) is 6.07 Å². The molecule has 0 unspecified atom stereocenters. The van der Waals surface area contributed by atoms with Crippen molar-refractivity contribution < 1.29 is 9.53 Å². The molecule has 1 atom stereocenters. The molecule has 0 spiro atoms. The van der Waals surface area contributed by atoms with Crippen molar-refractivity contribution in [1.29, 1.82) is 0 Å². The Balaban J connectivity index is 2.32. The first-order valence-electron chi connectivity index (χ1n) is 6.73. The minimum atomic E-state index is 0.554. The minimum Gasteiger partial charge on any atom is -0.495 e. The van der Waals surface area contributed by atoms with Gasteiger partial charge in [-0.15, -0.1) is 0 Å². The third-order valence-electron chi connectivity index (χ3n) is 3.87. The van der Waals surface area contributed by atoms with Gasteiger partial charge >= 0.3 is 0 Å². The number of hydrogen-bond donors (Lipinski definition) is 1. The van der Waals surface area contributed by atoms with Gasteiger partial charge in [-0.1, -0.05) is 0 Å². The van der Waals surface area contributed by atoms with Crippen molar-refractivity contribution in [2.24, 2.45) is 0 Å². The van der Waals surface area contributed by atoms with Crippen molar-refractivity contribution in [2.75, 3.05) is 32.6 Å². The number of nitrogens with zero attached hydrogens (tertiary/aromatic N) is 1. The maximum atomic E-state index is 10.6. The maximum Gasteiger partial charge on any atom is 0.211 e. The van der Waals surface area contributed by atoms with Crippen LogP contribution in [0.2, 0.25) is 0 Å². The molecule has 0 aliphatic carbocycles. The Hall–Kier alpha value is -1.55. The first kappa shape index (κ1) is 13.9. The van der Waals surface area contributed by atoms with Crippen LogP contribution < -0.4 is 10.1 Å². The van der Waals surface area contributed by atoms with Crippen LogP contribution in [0, 0.1) is 6.92 Å². The Bertz CT molecular complexity index is 460. The number of piperidine rings is 1. The van der Waals surface area contributed by atoms with Crippen molar-refractivity contribution in [3.63, 3.8) is 0 Å². The van der Waals surface area contributed by atoms with E-state index in [0.717, 1.165) is 18.0 Å². The van der Waals surface area contributed by atoms with Gasteiger partial charge in [-0.2, -0.15) is 0 Å². The number of rotatable bonds is 4. The molecule has 4 nitrogen and oxygen atoms in total. The van der Waals surface area contributed by atoms with Crippen molar-refractivity contribution in [1.82, 2.24) is 4.90 Å². The van der Waals surface area contributed by atoms with Gasteiger partial charge in [0.1, 0.15) is 5.75 Å². The molecule has 0 aromatic heterocycles. The van der Waals surface area contributed by atoms with E-state index < -0.39 is 0 Å². The van der Waals surface area contributed by atoms with Crippen LogP contribution >= 0.6 is 0 Å². The zero-order chi connectivity index (χ0) is 13.8. The van der Waals surface area contributed by atoms with Gasteiger partial charge in [0.05, 0.1) is 12.8 Å². The molecular formula is C15H22N2O2. The second-order valence-electron chi connectivity index (χ2n) is 5.27. The van der Waals surface area contributed by atoms with Gasteiger partial charge in [-0.05, 0) is 62.5 Å². The summed E-state index contributed by atoms with van der Waals surface area (Å²) in [4.78, 5) is 13.0. The Labute approximate surface area is 114 Å². The molecule has 1 fully saturated rings. The Morgan fingerprint density at radius 3 is 2.89 bits per heavy atom. The van der Waals surface area contributed by atoms with Crippen molar-refractivity contribution in [2.45, 2.75) is 25.7 Å². The standard InChI is InChI=1S/C15H22N2O2/c1-11-7-14(16-10-18)15(19-3)8-13(11)12-5-4-6-17(2)9-12/h7-8,10,12H,4-6,9H2,1-3H3,(H,16,18)/t12-/m0/s1. The second kappa shape index (κ2) is 6.06. The van der Waals surface area contributed by atoms with Crippen LogP contribution in [-0.4, -0.2) is 38.6 Å². The van der Waals surface area contributed by atoms with E-state index in [4.69, 9.17) is 4.74 Å². The summed E-state index contributed by atoms with van der Waals surface area (Å²) in [7, 11) is 3.80. The molecule has 1 aromatic carbocycles. The Morgan fingerprint density at radius 1 is 1.47 bits per heavy atom. The van der Waals surface area contributed by atoms with Gasteiger partial charge in [0.15, 0.2) is 0 Å². The molecule has 0 bridgehead atoms. The van der Waals surface area contributed by atoms with Crippen LogP contribution in [0.5, 0.6) is 5.75 Å². The molecular weight excluding hydrogens is 240 g/mol. The van der Waals surface area contributed by atoms with Crippen LogP contribution in [0.3, 0.4) is 0 Å². The lowest BCUT2D eigenvalue weighted by Gasteiger charge is -2.31. The fraction of sp³-hybridized carbons (Fsp3) is 0.533. The third-order valence-corrected chi connectivity index (χ3v) is 3.87. The average Bonchev–Trinajstić information content (AvgIpc) is 2.39. The zero-order valence-electron chi connectivity index (χ0n) is 11.9. The average molecular weight is 262 g/mol. The second-order valence-corrected chi connectivity index (χ2v) is 5.27. The topological polar surface area (TPSA) is 41.6 Å². The molecule has 2 rings (SSSR count). The van der Waals surface area contributed by atoms with Crippen molar-refractivity contribution in [3.8, 4) is 5.75 Å². The number of likely N-dealkylation sites (N-methyl/N-ethyl adjacent to an activating group) is 1. The van der Waals surface area contributed by atoms with Crippen LogP contribution in [0.15, 0.2) is 12.1 Å². The van der Waals surface area contributed by atoms with Crippen molar-refractivity contribution >= 4 is 12.1 Å². The first-order valence-corrected chi connectivity index (χ1v) is 6.73. The number of methoxy groups -OCH3 is 1. The minimum absolute atomic E-state index is 0.554. The molecule has 19 heavy (non-hydrogen) atoms. The Morgan fingerprint density at radius 2 is 2.26 bits per heavy atom. The quantitative estimate of drug-likeness (QED) is 0.847. The molecule has 1 aromatic rings. The smallest absolute Gasteiger partial charge is 0.211 e. The van der Waals surface area contributed by atoms with E-state index in [9.17, 15) is 4.79 Å². The fourth-order valence-electron chi connectivity index (χ4n) is 2.91. The molecule has 0 radical (unpaired) electrons. The Kier molecular flexibility index (Phi) is 4.43. The number of aryl methyl sites for hydroxylation is 1. The molecule has 104 valence electrons. The normalized spacial score (nSPS) is 20.1. The molecule has 0 saturated carbocycles. The number of anilines is 1. The lowest BCUT2D eigenvalue weighted by Crippen LogP contribution is -2.31. The monoisotopic (exact) mass is 262 g/mol. The van der Waals surface area contributed by atoms with Gasteiger partial charge in [-0.25, -0.2) is 0 Å². The molecule has 1 N–H and O–H groups in total. The van der Waals surface area contributed by atoms with Gasteiger partial charge in [0, 0.05) is 6.54 Å². The zero-order valence-corrected chi connectivity index (χ0v) is 11.9. The highest BCUT2D eigenvalue weighted by Gasteiger charge is 2.21. The van der Waals surface area contributed by atoms with E-state index >= 15 is 0 Å². The van der Waals surface area contributed by atoms with Crippen LogP contribution in [-0.2, 0) is 4.79 Å². The molecule has 1 heterocycles. The summed E-state index contributed by atoms with van der Waals surface area (Å²) in [5.41, 5.74) is 3.29. The summed E-state index contributed by atoms with van der Waals surface area (Å²) in [6, 6.07) is 4.07. The first-order chi connectivity index (χ1) is 9.15. The van der Waals surface area contributed by atoms with Crippen LogP contribution in [0.25, 0.3) is 0 Å². The summed E-state index contributed by atoms with van der Waals surface area (Å²) in [6.07, 6.45) is 3.14. The fourth-order valence-corrected chi connectivity index (χ4v) is 2.91. The third kappa shape index (κ3) is 3.07. The van der Waals surface area contributed by atoms with E-state index in [1.165, 1.54) is 30.5 Å². The highest BCUT2D eigenvalue weighted by molar-refractivity contribution is 5.76. The number of carbonyl (C=O) groups excluding carboxylic acids is 1. The molecule has 1 aliphatic rings. The lowest BCUT2D eigenvalue weighted by atomic mass is 9.87. The SMILES string of the molecule is COc1cc([C@H]2CCCN(C)C2)c(C)cc1NC=O. The van der Waals surface area contributed by atoms with Gasteiger partial charge in [0.2, 0.25) is 6.41 Å². The summed E-state index contributed by atoms with van der Waals surface area (Å²) in [5, 5.41) is 2.69. The number of ether oxygens (including phenoxy) is 1. The molecule has 1 aliphatic heterocycles. The summed E-state index contributed by atoms with van der Waals surface area (Å²) < 4.78 is 5.38. The number of hydrogen-bond acceptors (Lipinski definition) is 3. The maximum absolute atomic E-state index is 10.6. The largest absolute Gasteiger partial charge is 0.495 e. The molecule has 1 saturated heterocycles. The summed E-state index contributed by atoms with van der Waals surface area (Å²) >= 11 is 0. The molecule has 4 heteroatoms. The predicted octanol–water partition coefficient (Wildman–Crippen LogP) is 2.38. The van der Waals surface area contributed by atoms with Crippen molar-refractivity contribution in [3.05, 3.63) is 23.3 Å². The summed E-state index contributed by atoms with van der Waals surface area (Å²) in [6.45, 7) is 4.36. The van der Waals surface area contributed by atoms with Crippen LogP contribution in [0.1, 0.15) is 29.9 Å². The highest BCUT2D eigenvalue weighted by Crippen LogP contribution is 2.35. The number of benzene rings is 1. The van der Waals surface area contributed by atoms with Crippen LogP contribution in [0.4, 0.5) is 5.69 Å². The van der Waals surface area contributed by atoms with E-state index in [0.29, 0.717) is 12.3 Å². The van der Waals surface area contributed by atoms with Gasteiger partial charge in [0.25, 0.3) is 0 Å².